The molecule has 0 aromatic heterocycles. The van der Waals surface area contributed by atoms with Crippen LogP contribution in [0.15, 0.2) is 4.99 Å². The first kappa shape index (κ1) is 17.5. The van der Waals surface area contributed by atoms with Crippen LogP contribution in [-0.2, 0) is 0 Å². The zero-order valence-electron chi connectivity index (χ0n) is 15.2. The Kier molecular flexibility index (Phi) is 6.09. The standard InChI is InChI=1S/C17H35N5/c1-6-21-9-11-22(12-10-21)14(2)13-18-16(19-15-7-8-15)20-17(3,4)5/h14-15H,6-13H2,1-5H3,(H2,18,19,20)/t14-/m1/s1. The number of guanidine groups is 1. The van der Waals surface area contributed by atoms with Gasteiger partial charge in [0.15, 0.2) is 5.96 Å². The lowest BCUT2D eigenvalue weighted by atomic mass is 10.1. The predicted molar refractivity (Wildman–Crippen MR) is 94.5 cm³/mol. The highest BCUT2D eigenvalue weighted by Crippen LogP contribution is 2.18. The third-order valence-electron chi connectivity index (χ3n) is 4.40. The molecule has 2 N–H and O–H groups in total. The summed E-state index contributed by atoms with van der Waals surface area (Å²) < 4.78 is 0. The zero-order valence-corrected chi connectivity index (χ0v) is 15.2. The molecule has 0 bridgehead atoms. The number of hydrogen-bond donors (Lipinski definition) is 2. The van der Waals surface area contributed by atoms with Crippen molar-refractivity contribution in [2.75, 3.05) is 39.3 Å². The number of hydrogen-bond acceptors (Lipinski definition) is 3. The maximum Gasteiger partial charge on any atom is 0.191 e. The summed E-state index contributed by atoms with van der Waals surface area (Å²) in [6, 6.07) is 1.15. The Balaban J connectivity index is 1.83. The van der Waals surface area contributed by atoms with Crippen molar-refractivity contribution in [2.24, 2.45) is 4.99 Å². The predicted octanol–water partition coefficient (Wildman–Crippen LogP) is 1.51. The molecule has 1 aliphatic heterocycles. The molecule has 0 aromatic rings. The molecule has 2 aliphatic rings. The Morgan fingerprint density at radius 1 is 1.18 bits per heavy atom. The highest BCUT2D eigenvalue weighted by Gasteiger charge is 2.25. The van der Waals surface area contributed by atoms with Crippen molar-refractivity contribution in [3.63, 3.8) is 0 Å². The van der Waals surface area contributed by atoms with Gasteiger partial charge in [0, 0.05) is 43.8 Å². The Morgan fingerprint density at radius 2 is 1.82 bits per heavy atom. The van der Waals surface area contributed by atoms with Crippen molar-refractivity contribution in [3.8, 4) is 0 Å². The molecular weight excluding hydrogens is 274 g/mol. The molecule has 128 valence electrons. The monoisotopic (exact) mass is 309 g/mol. The second-order valence-corrected chi connectivity index (χ2v) is 7.80. The van der Waals surface area contributed by atoms with E-state index >= 15 is 0 Å². The van der Waals surface area contributed by atoms with Crippen molar-refractivity contribution in [2.45, 2.75) is 65.1 Å². The van der Waals surface area contributed by atoms with E-state index in [2.05, 4.69) is 55.1 Å². The molecule has 22 heavy (non-hydrogen) atoms. The smallest absolute Gasteiger partial charge is 0.191 e. The third-order valence-corrected chi connectivity index (χ3v) is 4.40. The minimum absolute atomic E-state index is 0.0523. The molecular formula is C17H35N5. The minimum Gasteiger partial charge on any atom is -0.354 e. The van der Waals surface area contributed by atoms with Crippen LogP contribution in [0.1, 0.15) is 47.5 Å². The molecule has 5 heteroatoms. The van der Waals surface area contributed by atoms with Gasteiger partial charge in [0.2, 0.25) is 0 Å². The van der Waals surface area contributed by atoms with Gasteiger partial charge in [-0.3, -0.25) is 9.89 Å². The minimum atomic E-state index is 0.0523. The molecule has 2 fully saturated rings. The van der Waals surface area contributed by atoms with Gasteiger partial charge in [0.1, 0.15) is 0 Å². The maximum atomic E-state index is 4.84. The van der Waals surface area contributed by atoms with E-state index in [1.54, 1.807) is 0 Å². The Bertz CT molecular complexity index is 362. The van der Waals surface area contributed by atoms with Crippen LogP contribution in [0.5, 0.6) is 0 Å². The first-order valence-electron chi connectivity index (χ1n) is 8.93. The lowest BCUT2D eigenvalue weighted by Gasteiger charge is -2.37. The van der Waals surface area contributed by atoms with Gasteiger partial charge in [-0.05, 0) is 47.1 Å². The highest BCUT2D eigenvalue weighted by molar-refractivity contribution is 5.81. The normalized spacial score (nSPS) is 23.4. The molecule has 0 radical (unpaired) electrons. The molecule has 0 aromatic carbocycles. The van der Waals surface area contributed by atoms with Crippen LogP contribution in [0.4, 0.5) is 0 Å². The van der Waals surface area contributed by atoms with Crippen LogP contribution in [0.3, 0.4) is 0 Å². The maximum absolute atomic E-state index is 4.84. The van der Waals surface area contributed by atoms with Crippen LogP contribution in [-0.4, -0.2) is 72.7 Å². The molecule has 2 rings (SSSR count). The van der Waals surface area contributed by atoms with Crippen LogP contribution in [0, 0.1) is 0 Å². The summed E-state index contributed by atoms with van der Waals surface area (Å²) in [5.41, 5.74) is 0.0523. The fourth-order valence-electron chi connectivity index (χ4n) is 2.76. The van der Waals surface area contributed by atoms with E-state index in [1.807, 2.05) is 0 Å². The summed E-state index contributed by atoms with van der Waals surface area (Å²) in [5, 5.41) is 7.05. The lowest BCUT2D eigenvalue weighted by molar-refractivity contribution is 0.109. The van der Waals surface area contributed by atoms with Gasteiger partial charge in [-0.25, -0.2) is 0 Å². The van der Waals surface area contributed by atoms with Crippen molar-refractivity contribution in [3.05, 3.63) is 0 Å². The van der Waals surface area contributed by atoms with Crippen molar-refractivity contribution in [1.29, 1.82) is 0 Å². The summed E-state index contributed by atoms with van der Waals surface area (Å²) in [7, 11) is 0. The van der Waals surface area contributed by atoms with Gasteiger partial charge in [0.25, 0.3) is 0 Å². The van der Waals surface area contributed by atoms with Crippen LogP contribution in [0.2, 0.25) is 0 Å². The number of nitrogens with one attached hydrogen (secondary N) is 2. The summed E-state index contributed by atoms with van der Waals surface area (Å²) in [6.07, 6.45) is 2.55. The number of piperazine rings is 1. The second-order valence-electron chi connectivity index (χ2n) is 7.80. The summed E-state index contributed by atoms with van der Waals surface area (Å²) in [6.45, 7) is 17.9. The summed E-state index contributed by atoms with van der Waals surface area (Å²) in [5.74, 6) is 0.981. The number of nitrogens with zero attached hydrogens (tertiary/aromatic N) is 3. The number of aliphatic imine (C=N–C) groups is 1. The molecule has 1 saturated heterocycles. The Hall–Kier alpha value is -0.810. The largest absolute Gasteiger partial charge is 0.354 e. The fraction of sp³-hybridized carbons (Fsp3) is 0.941. The van der Waals surface area contributed by atoms with Gasteiger partial charge in [0.05, 0.1) is 6.54 Å². The van der Waals surface area contributed by atoms with Crippen molar-refractivity contribution < 1.29 is 0 Å². The quantitative estimate of drug-likeness (QED) is 0.597. The van der Waals surface area contributed by atoms with E-state index in [1.165, 1.54) is 45.6 Å². The van der Waals surface area contributed by atoms with Crippen LogP contribution < -0.4 is 10.6 Å². The molecule has 0 amide bonds. The molecule has 1 atom stereocenters. The van der Waals surface area contributed by atoms with E-state index in [4.69, 9.17) is 4.99 Å². The zero-order chi connectivity index (χ0) is 16.2. The van der Waals surface area contributed by atoms with Gasteiger partial charge < -0.3 is 15.5 Å². The fourth-order valence-corrected chi connectivity index (χ4v) is 2.76. The van der Waals surface area contributed by atoms with Crippen molar-refractivity contribution in [1.82, 2.24) is 20.4 Å². The van der Waals surface area contributed by atoms with E-state index in [9.17, 15) is 0 Å². The van der Waals surface area contributed by atoms with Crippen LogP contribution >= 0.6 is 0 Å². The average molecular weight is 310 g/mol. The summed E-state index contributed by atoms with van der Waals surface area (Å²) in [4.78, 5) is 9.94. The van der Waals surface area contributed by atoms with E-state index in [0.29, 0.717) is 12.1 Å². The van der Waals surface area contributed by atoms with Gasteiger partial charge >= 0.3 is 0 Å². The lowest BCUT2D eigenvalue weighted by Crippen LogP contribution is -2.51. The molecule has 5 nitrogen and oxygen atoms in total. The number of rotatable bonds is 5. The highest BCUT2D eigenvalue weighted by atomic mass is 15.3. The molecule has 0 unspecified atom stereocenters. The van der Waals surface area contributed by atoms with E-state index in [-0.39, 0.29) is 5.54 Å². The SMILES string of the molecule is CCN1CCN([C@H](C)CN=C(NC2CC2)NC(C)(C)C)CC1. The first-order valence-corrected chi connectivity index (χ1v) is 8.93. The van der Waals surface area contributed by atoms with Gasteiger partial charge in [-0.15, -0.1) is 0 Å². The first-order chi connectivity index (χ1) is 10.4. The molecule has 1 heterocycles. The second kappa shape index (κ2) is 7.64. The van der Waals surface area contributed by atoms with Crippen molar-refractivity contribution >= 4 is 5.96 Å². The summed E-state index contributed by atoms with van der Waals surface area (Å²) >= 11 is 0. The Labute approximate surface area is 136 Å². The topological polar surface area (TPSA) is 42.9 Å². The molecule has 1 saturated carbocycles. The van der Waals surface area contributed by atoms with E-state index in [0.717, 1.165) is 12.5 Å². The average Bonchev–Trinajstić information content (AvgIpc) is 3.27. The van der Waals surface area contributed by atoms with Crippen LogP contribution in [0.25, 0.3) is 0 Å². The third kappa shape index (κ3) is 6.13. The van der Waals surface area contributed by atoms with E-state index < -0.39 is 0 Å². The van der Waals surface area contributed by atoms with Gasteiger partial charge in [-0.1, -0.05) is 6.92 Å². The Morgan fingerprint density at radius 3 is 2.32 bits per heavy atom. The molecule has 1 aliphatic carbocycles. The molecule has 0 spiro atoms. The van der Waals surface area contributed by atoms with Gasteiger partial charge in [-0.2, -0.15) is 0 Å². The number of likely N-dealkylation sites (N-methyl/N-ethyl adjacent to an activating group) is 1.